The first-order valence-corrected chi connectivity index (χ1v) is 9.62. The van der Waals surface area contributed by atoms with Gasteiger partial charge in [-0.1, -0.05) is 60.7 Å². The van der Waals surface area contributed by atoms with Crippen LogP contribution in [-0.2, 0) is 41.7 Å². The number of esters is 1. The third-order valence-corrected chi connectivity index (χ3v) is 4.73. The minimum atomic E-state index is -0.741. The van der Waals surface area contributed by atoms with Crippen LogP contribution in [0.2, 0.25) is 0 Å². The zero-order valence-electron chi connectivity index (χ0n) is 16.5. The summed E-state index contributed by atoms with van der Waals surface area (Å²) in [5, 5.41) is 0. The third-order valence-electron chi connectivity index (χ3n) is 4.73. The summed E-state index contributed by atoms with van der Waals surface area (Å²) in [6.45, 7) is 4.48. The maximum absolute atomic E-state index is 12.6. The highest BCUT2D eigenvalue weighted by Crippen LogP contribution is 2.34. The molecule has 4 rings (SSSR count). The maximum Gasteiger partial charge on any atom is 0.378 e. The summed E-state index contributed by atoms with van der Waals surface area (Å²) in [4.78, 5) is 12.6. The Balaban J connectivity index is 1.55. The molecule has 0 radical (unpaired) electrons. The lowest BCUT2D eigenvalue weighted by molar-refractivity contribution is -0.164. The van der Waals surface area contributed by atoms with Crippen LogP contribution in [0.15, 0.2) is 72.2 Å². The van der Waals surface area contributed by atoms with Gasteiger partial charge in [-0.05, 0) is 25.0 Å². The summed E-state index contributed by atoms with van der Waals surface area (Å²) >= 11 is 0. The quantitative estimate of drug-likeness (QED) is 0.665. The number of ether oxygens (including phenoxy) is 5. The van der Waals surface area contributed by atoms with E-state index >= 15 is 0 Å². The number of rotatable bonds is 7. The van der Waals surface area contributed by atoms with Crippen LogP contribution in [0.4, 0.5) is 0 Å². The van der Waals surface area contributed by atoms with Crippen molar-refractivity contribution in [3.63, 3.8) is 0 Å². The van der Waals surface area contributed by atoms with Gasteiger partial charge in [0.1, 0.15) is 19.3 Å². The molecule has 6 nitrogen and oxygen atoms in total. The van der Waals surface area contributed by atoms with Gasteiger partial charge in [0, 0.05) is 0 Å². The number of benzene rings is 2. The van der Waals surface area contributed by atoms with Gasteiger partial charge in [0.05, 0.1) is 6.61 Å². The van der Waals surface area contributed by atoms with E-state index in [9.17, 15) is 4.79 Å². The fourth-order valence-electron chi connectivity index (χ4n) is 3.30. The standard InChI is InChI=1S/C23H24O6/c1-23(2)27-15-18(29-23)19-20(25-13-16-9-5-3-6-10-16)21(22(24)28-19)26-14-17-11-7-4-8-12-17/h3-12,18-19H,13-15H2,1-2H3/t18-,19+/m0/s1. The normalized spacial score (nSPS) is 23.2. The smallest absolute Gasteiger partial charge is 0.378 e. The molecule has 152 valence electrons. The highest BCUT2D eigenvalue weighted by Gasteiger charge is 2.48. The molecule has 2 atom stereocenters. The number of hydrogen-bond acceptors (Lipinski definition) is 6. The first kappa shape index (κ1) is 19.5. The van der Waals surface area contributed by atoms with Crippen LogP contribution < -0.4 is 0 Å². The Hall–Kier alpha value is -2.83. The largest absolute Gasteiger partial charge is 0.485 e. The van der Waals surface area contributed by atoms with Gasteiger partial charge >= 0.3 is 5.97 Å². The molecule has 1 saturated heterocycles. The van der Waals surface area contributed by atoms with Crippen molar-refractivity contribution in [3.8, 4) is 0 Å². The van der Waals surface area contributed by atoms with E-state index in [4.69, 9.17) is 23.7 Å². The summed E-state index contributed by atoms with van der Waals surface area (Å²) in [7, 11) is 0. The molecule has 0 aliphatic carbocycles. The molecule has 2 heterocycles. The minimum Gasteiger partial charge on any atom is -0.485 e. The lowest BCUT2D eigenvalue weighted by Crippen LogP contribution is -2.33. The van der Waals surface area contributed by atoms with E-state index in [1.807, 2.05) is 74.5 Å². The van der Waals surface area contributed by atoms with Crippen LogP contribution in [0.5, 0.6) is 0 Å². The van der Waals surface area contributed by atoms with Crippen LogP contribution in [0.3, 0.4) is 0 Å². The van der Waals surface area contributed by atoms with Crippen molar-refractivity contribution in [2.45, 2.75) is 45.1 Å². The van der Waals surface area contributed by atoms with Crippen molar-refractivity contribution in [1.29, 1.82) is 0 Å². The lowest BCUT2D eigenvalue weighted by Gasteiger charge is -2.22. The Morgan fingerprint density at radius 3 is 2.07 bits per heavy atom. The fraction of sp³-hybridized carbons (Fsp3) is 0.348. The number of hydrogen-bond donors (Lipinski definition) is 0. The highest BCUT2D eigenvalue weighted by molar-refractivity contribution is 5.89. The molecule has 2 aromatic rings. The molecule has 2 aliphatic rings. The monoisotopic (exact) mass is 396 g/mol. The number of cyclic esters (lactones) is 1. The zero-order chi connectivity index (χ0) is 20.3. The van der Waals surface area contributed by atoms with Crippen LogP contribution in [0.1, 0.15) is 25.0 Å². The third kappa shape index (κ3) is 4.60. The van der Waals surface area contributed by atoms with Crippen LogP contribution in [0, 0.1) is 0 Å². The second-order valence-corrected chi connectivity index (χ2v) is 7.43. The van der Waals surface area contributed by atoms with Gasteiger partial charge in [0.25, 0.3) is 0 Å². The first-order chi connectivity index (χ1) is 14.0. The van der Waals surface area contributed by atoms with Crippen LogP contribution >= 0.6 is 0 Å². The van der Waals surface area contributed by atoms with Gasteiger partial charge in [-0.25, -0.2) is 4.79 Å². The highest BCUT2D eigenvalue weighted by atomic mass is 16.8. The molecule has 0 saturated carbocycles. The van der Waals surface area contributed by atoms with Gasteiger partial charge in [-0.3, -0.25) is 0 Å². The van der Waals surface area contributed by atoms with Gasteiger partial charge in [0.15, 0.2) is 17.7 Å². The van der Waals surface area contributed by atoms with E-state index < -0.39 is 24.0 Å². The predicted octanol–water partition coefficient (Wildman–Crippen LogP) is 3.71. The summed E-state index contributed by atoms with van der Waals surface area (Å²) < 4.78 is 29.0. The number of carbonyl (C=O) groups is 1. The molecule has 29 heavy (non-hydrogen) atoms. The maximum atomic E-state index is 12.6. The Kier molecular flexibility index (Phi) is 5.56. The van der Waals surface area contributed by atoms with Crippen molar-refractivity contribution in [1.82, 2.24) is 0 Å². The Bertz CT molecular complexity index is 875. The van der Waals surface area contributed by atoms with Crippen molar-refractivity contribution in [2.75, 3.05) is 6.61 Å². The molecule has 0 bridgehead atoms. The molecule has 6 heteroatoms. The predicted molar refractivity (Wildman–Crippen MR) is 104 cm³/mol. The molecular weight excluding hydrogens is 372 g/mol. The Labute approximate surface area is 170 Å². The Morgan fingerprint density at radius 2 is 1.52 bits per heavy atom. The van der Waals surface area contributed by atoms with E-state index in [2.05, 4.69) is 0 Å². The SMILES string of the molecule is CC1(C)OC[C@@H]([C@H]2OC(=O)C(OCc3ccccc3)=C2OCc2ccccc2)O1. The summed E-state index contributed by atoms with van der Waals surface area (Å²) in [5.41, 5.74) is 1.92. The van der Waals surface area contributed by atoms with Crippen molar-refractivity contribution in [3.05, 3.63) is 83.3 Å². The topological polar surface area (TPSA) is 63.2 Å². The molecular formula is C23H24O6. The summed E-state index contributed by atoms with van der Waals surface area (Å²) in [6, 6.07) is 19.3. The van der Waals surface area contributed by atoms with Crippen LogP contribution in [-0.4, -0.2) is 30.6 Å². The second-order valence-electron chi connectivity index (χ2n) is 7.43. The lowest BCUT2D eigenvalue weighted by atomic mass is 10.1. The zero-order valence-corrected chi connectivity index (χ0v) is 16.5. The van der Waals surface area contributed by atoms with Crippen molar-refractivity contribution in [2.24, 2.45) is 0 Å². The summed E-state index contributed by atoms with van der Waals surface area (Å²) in [5.74, 6) is -0.860. The van der Waals surface area contributed by atoms with Crippen LogP contribution in [0.25, 0.3) is 0 Å². The molecule has 1 fully saturated rings. The average Bonchev–Trinajstić information content (AvgIpc) is 3.25. The van der Waals surface area contributed by atoms with Crippen molar-refractivity contribution < 1.29 is 28.5 Å². The van der Waals surface area contributed by atoms with E-state index in [0.29, 0.717) is 19.0 Å². The van der Waals surface area contributed by atoms with Gasteiger partial charge in [0.2, 0.25) is 5.76 Å². The molecule has 0 unspecified atom stereocenters. The molecule has 0 N–H and O–H groups in total. The van der Waals surface area contributed by atoms with E-state index in [1.54, 1.807) is 0 Å². The van der Waals surface area contributed by atoms with Gasteiger partial charge in [-0.2, -0.15) is 0 Å². The number of carbonyl (C=O) groups excluding carboxylic acids is 1. The average molecular weight is 396 g/mol. The molecule has 0 spiro atoms. The van der Waals surface area contributed by atoms with E-state index in [1.165, 1.54) is 0 Å². The molecule has 2 aromatic carbocycles. The minimum absolute atomic E-state index is 0.0862. The fourth-order valence-corrected chi connectivity index (χ4v) is 3.30. The van der Waals surface area contributed by atoms with Gasteiger partial charge in [-0.15, -0.1) is 0 Å². The molecule has 2 aliphatic heterocycles. The van der Waals surface area contributed by atoms with E-state index in [0.717, 1.165) is 11.1 Å². The Morgan fingerprint density at radius 1 is 0.931 bits per heavy atom. The second kappa shape index (κ2) is 8.27. The first-order valence-electron chi connectivity index (χ1n) is 9.62. The van der Waals surface area contributed by atoms with Crippen molar-refractivity contribution >= 4 is 5.97 Å². The molecule has 0 aromatic heterocycles. The molecule has 0 amide bonds. The van der Waals surface area contributed by atoms with Gasteiger partial charge < -0.3 is 23.7 Å². The summed E-state index contributed by atoms with van der Waals surface area (Å²) in [6.07, 6.45) is -1.17. The van der Waals surface area contributed by atoms with E-state index in [-0.39, 0.29) is 12.4 Å².